The topological polar surface area (TPSA) is 59.0 Å². The minimum Gasteiger partial charge on any atom is -0.322 e. The molecule has 1 aliphatic heterocycles. The molecule has 2 heterocycles. The number of anilines is 1. The van der Waals surface area contributed by atoms with Crippen molar-refractivity contribution in [3.63, 3.8) is 0 Å². The number of carbonyl (C=O) groups excluding carboxylic acids is 1. The van der Waals surface area contributed by atoms with E-state index in [9.17, 15) is 4.79 Å². The van der Waals surface area contributed by atoms with Gasteiger partial charge in [-0.3, -0.25) is 9.48 Å². The van der Waals surface area contributed by atoms with Crippen LogP contribution in [0.15, 0.2) is 0 Å². The van der Waals surface area contributed by atoms with Gasteiger partial charge < -0.3 is 10.6 Å². The minimum atomic E-state index is -0.0374. The SMILES string of the molecule is Cc1nn(C)c(C2CNC2)c1NC(=O)CBr. The van der Waals surface area contributed by atoms with Gasteiger partial charge >= 0.3 is 0 Å². The van der Waals surface area contributed by atoms with Gasteiger partial charge in [0.1, 0.15) is 0 Å². The first kappa shape index (κ1) is 11.6. The summed E-state index contributed by atoms with van der Waals surface area (Å²) in [7, 11) is 1.92. The summed E-state index contributed by atoms with van der Waals surface area (Å²) in [6.45, 7) is 3.83. The molecule has 1 saturated heterocycles. The maximum absolute atomic E-state index is 11.4. The molecule has 1 amide bonds. The average molecular weight is 287 g/mol. The third-order valence-electron chi connectivity index (χ3n) is 2.82. The summed E-state index contributed by atoms with van der Waals surface area (Å²) in [5, 5.41) is 10.8. The van der Waals surface area contributed by atoms with Gasteiger partial charge in [-0.2, -0.15) is 5.10 Å². The number of halogens is 1. The Hall–Kier alpha value is -0.880. The molecule has 0 saturated carbocycles. The summed E-state index contributed by atoms with van der Waals surface area (Å²) in [6, 6.07) is 0. The van der Waals surface area contributed by atoms with Crippen molar-refractivity contribution in [3.05, 3.63) is 11.4 Å². The average Bonchev–Trinajstić information content (AvgIpc) is 2.42. The first-order chi connectivity index (χ1) is 7.63. The lowest BCUT2D eigenvalue weighted by Crippen LogP contribution is -2.41. The van der Waals surface area contributed by atoms with E-state index in [1.807, 2.05) is 18.7 Å². The second-order valence-corrected chi connectivity index (χ2v) is 4.57. The Morgan fingerprint density at radius 1 is 1.69 bits per heavy atom. The molecule has 0 bridgehead atoms. The molecule has 2 N–H and O–H groups in total. The Morgan fingerprint density at radius 3 is 2.88 bits per heavy atom. The second-order valence-electron chi connectivity index (χ2n) is 4.01. The van der Waals surface area contributed by atoms with Crippen LogP contribution in [-0.4, -0.2) is 34.1 Å². The van der Waals surface area contributed by atoms with Gasteiger partial charge in [0.25, 0.3) is 0 Å². The van der Waals surface area contributed by atoms with E-state index in [4.69, 9.17) is 0 Å². The molecule has 0 radical (unpaired) electrons. The number of hydrogen-bond acceptors (Lipinski definition) is 3. The van der Waals surface area contributed by atoms with Crippen molar-refractivity contribution >= 4 is 27.5 Å². The molecule has 88 valence electrons. The van der Waals surface area contributed by atoms with E-state index in [-0.39, 0.29) is 5.91 Å². The molecule has 0 unspecified atom stereocenters. The minimum absolute atomic E-state index is 0.0374. The Kier molecular flexibility index (Phi) is 3.30. The lowest BCUT2D eigenvalue weighted by atomic mass is 9.97. The summed E-state index contributed by atoms with van der Waals surface area (Å²) in [4.78, 5) is 11.4. The van der Waals surface area contributed by atoms with E-state index in [0.29, 0.717) is 11.2 Å². The molecule has 16 heavy (non-hydrogen) atoms. The smallest absolute Gasteiger partial charge is 0.235 e. The van der Waals surface area contributed by atoms with Crippen LogP contribution in [0, 0.1) is 6.92 Å². The van der Waals surface area contributed by atoms with Gasteiger partial charge in [-0.1, -0.05) is 15.9 Å². The fraction of sp³-hybridized carbons (Fsp3) is 0.600. The fourth-order valence-corrected chi connectivity index (χ4v) is 2.09. The molecular weight excluding hydrogens is 272 g/mol. The van der Waals surface area contributed by atoms with Crippen LogP contribution < -0.4 is 10.6 Å². The Labute approximate surface area is 103 Å². The van der Waals surface area contributed by atoms with Crippen molar-refractivity contribution in [3.8, 4) is 0 Å². The number of hydrogen-bond donors (Lipinski definition) is 2. The lowest BCUT2D eigenvalue weighted by molar-refractivity contribution is -0.113. The summed E-state index contributed by atoms with van der Waals surface area (Å²) >= 11 is 3.14. The van der Waals surface area contributed by atoms with E-state index >= 15 is 0 Å². The number of carbonyl (C=O) groups is 1. The largest absolute Gasteiger partial charge is 0.322 e. The summed E-state index contributed by atoms with van der Waals surface area (Å²) in [5.74, 6) is 0.418. The first-order valence-corrected chi connectivity index (χ1v) is 6.35. The zero-order valence-electron chi connectivity index (χ0n) is 9.38. The van der Waals surface area contributed by atoms with Gasteiger partial charge in [0.05, 0.1) is 22.4 Å². The maximum atomic E-state index is 11.4. The molecule has 1 aliphatic rings. The quantitative estimate of drug-likeness (QED) is 0.807. The second kappa shape index (κ2) is 4.55. The summed E-state index contributed by atoms with van der Waals surface area (Å²) in [5.41, 5.74) is 2.86. The standard InChI is InChI=1S/C10H15BrN4O/c1-6-9(13-8(16)3-11)10(15(2)14-6)7-4-12-5-7/h7,12H,3-5H2,1-2H3,(H,13,16). The molecule has 1 aromatic heterocycles. The molecule has 5 nitrogen and oxygen atoms in total. The third kappa shape index (κ3) is 1.99. The molecule has 6 heteroatoms. The van der Waals surface area contributed by atoms with Crippen LogP contribution in [0.3, 0.4) is 0 Å². The molecular formula is C10H15BrN4O. The first-order valence-electron chi connectivity index (χ1n) is 5.23. The molecule has 0 spiro atoms. The highest BCUT2D eigenvalue weighted by Gasteiger charge is 2.27. The van der Waals surface area contributed by atoms with E-state index in [2.05, 4.69) is 31.7 Å². The van der Waals surface area contributed by atoms with Crippen molar-refractivity contribution in [2.75, 3.05) is 23.7 Å². The van der Waals surface area contributed by atoms with Gasteiger partial charge in [0.15, 0.2) is 0 Å². The molecule has 1 aromatic rings. The molecule has 0 atom stereocenters. The van der Waals surface area contributed by atoms with Gasteiger partial charge in [-0.15, -0.1) is 0 Å². The van der Waals surface area contributed by atoms with Crippen LogP contribution in [0.25, 0.3) is 0 Å². The van der Waals surface area contributed by atoms with E-state index in [1.54, 1.807) is 0 Å². The molecule has 0 aromatic carbocycles. The van der Waals surface area contributed by atoms with Crippen LogP contribution in [0.2, 0.25) is 0 Å². The van der Waals surface area contributed by atoms with Gasteiger partial charge in [-0.25, -0.2) is 0 Å². The molecule has 1 fully saturated rings. The maximum Gasteiger partial charge on any atom is 0.235 e. The van der Waals surface area contributed by atoms with Crippen molar-refractivity contribution in [1.82, 2.24) is 15.1 Å². The number of aryl methyl sites for hydroxylation is 2. The summed E-state index contributed by atoms with van der Waals surface area (Å²) in [6.07, 6.45) is 0. The predicted octanol–water partition coefficient (Wildman–Crippen LogP) is 0.749. The van der Waals surface area contributed by atoms with Crippen molar-refractivity contribution in [2.24, 2.45) is 7.05 Å². The number of rotatable bonds is 3. The molecule has 2 rings (SSSR count). The van der Waals surface area contributed by atoms with E-state index in [0.717, 1.165) is 30.2 Å². The number of amides is 1. The van der Waals surface area contributed by atoms with Crippen molar-refractivity contribution < 1.29 is 4.79 Å². The van der Waals surface area contributed by atoms with Gasteiger partial charge in [0.2, 0.25) is 5.91 Å². The van der Waals surface area contributed by atoms with Crippen LogP contribution in [-0.2, 0) is 11.8 Å². The predicted molar refractivity (Wildman–Crippen MR) is 66.0 cm³/mol. The number of aromatic nitrogens is 2. The van der Waals surface area contributed by atoms with Crippen LogP contribution in [0.1, 0.15) is 17.3 Å². The number of nitrogens with zero attached hydrogens (tertiary/aromatic N) is 2. The monoisotopic (exact) mass is 286 g/mol. The van der Waals surface area contributed by atoms with Gasteiger partial charge in [0, 0.05) is 26.1 Å². The van der Waals surface area contributed by atoms with E-state index < -0.39 is 0 Å². The van der Waals surface area contributed by atoms with Crippen LogP contribution >= 0.6 is 15.9 Å². The Balaban J connectivity index is 2.30. The van der Waals surface area contributed by atoms with Crippen molar-refractivity contribution in [1.29, 1.82) is 0 Å². The fourth-order valence-electron chi connectivity index (χ4n) is 1.95. The van der Waals surface area contributed by atoms with Gasteiger partial charge in [-0.05, 0) is 6.92 Å². The highest BCUT2D eigenvalue weighted by molar-refractivity contribution is 9.09. The van der Waals surface area contributed by atoms with Crippen molar-refractivity contribution in [2.45, 2.75) is 12.8 Å². The Morgan fingerprint density at radius 2 is 2.38 bits per heavy atom. The highest BCUT2D eigenvalue weighted by atomic mass is 79.9. The molecule has 0 aliphatic carbocycles. The third-order valence-corrected chi connectivity index (χ3v) is 3.33. The zero-order chi connectivity index (χ0) is 11.7. The Bertz CT molecular complexity index is 411. The highest BCUT2D eigenvalue weighted by Crippen LogP contribution is 2.29. The lowest BCUT2D eigenvalue weighted by Gasteiger charge is -2.28. The normalized spacial score (nSPS) is 15.9. The zero-order valence-corrected chi connectivity index (χ0v) is 11.0. The number of nitrogens with one attached hydrogen (secondary N) is 2. The number of alkyl halides is 1. The van der Waals surface area contributed by atoms with Crippen LogP contribution in [0.4, 0.5) is 5.69 Å². The van der Waals surface area contributed by atoms with E-state index in [1.165, 1.54) is 0 Å². The van der Waals surface area contributed by atoms with Crippen LogP contribution in [0.5, 0.6) is 0 Å². The summed E-state index contributed by atoms with van der Waals surface area (Å²) < 4.78 is 1.87.